The van der Waals surface area contributed by atoms with Crippen molar-refractivity contribution >= 4 is 28.5 Å². The largest absolute Gasteiger partial charge is 0.377 e. The third-order valence-electron chi connectivity index (χ3n) is 6.13. The van der Waals surface area contributed by atoms with Gasteiger partial charge in [-0.05, 0) is 30.4 Å². The number of pyridine rings is 1. The Labute approximate surface area is 139 Å². The lowest BCUT2D eigenvalue weighted by Gasteiger charge is -2.33. The van der Waals surface area contributed by atoms with E-state index in [2.05, 4.69) is 15.3 Å². The predicted molar refractivity (Wildman–Crippen MR) is 89.9 cm³/mol. The van der Waals surface area contributed by atoms with Gasteiger partial charge in [0.2, 0.25) is 11.8 Å². The van der Waals surface area contributed by atoms with Gasteiger partial charge in [-0.3, -0.25) is 14.9 Å². The number of H-pyrrole nitrogens is 1. The minimum absolute atomic E-state index is 0.0859. The van der Waals surface area contributed by atoms with Gasteiger partial charge in [0.15, 0.2) is 0 Å². The van der Waals surface area contributed by atoms with Gasteiger partial charge in [-0.2, -0.15) is 0 Å². The maximum absolute atomic E-state index is 12.6. The van der Waals surface area contributed by atoms with E-state index in [1.807, 2.05) is 25.1 Å². The molecule has 0 aromatic carbocycles. The summed E-state index contributed by atoms with van der Waals surface area (Å²) in [6, 6.07) is 1.97. The van der Waals surface area contributed by atoms with E-state index in [1.165, 1.54) is 0 Å². The number of fused-ring (bicyclic) bond motifs is 8. The fourth-order valence-corrected chi connectivity index (χ4v) is 5.26. The molecule has 24 heavy (non-hydrogen) atoms. The van der Waals surface area contributed by atoms with Crippen LogP contribution in [0, 0.1) is 11.8 Å². The van der Waals surface area contributed by atoms with Crippen molar-refractivity contribution in [2.45, 2.75) is 31.1 Å². The average Bonchev–Trinajstić information content (AvgIpc) is 3.22. The van der Waals surface area contributed by atoms with Crippen molar-refractivity contribution in [3.8, 4) is 0 Å². The van der Waals surface area contributed by atoms with E-state index >= 15 is 0 Å². The first-order valence-electron chi connectivity index (χ1n) is 8.60. The molecule has 2 fully saturated rings. The van der Waals surface area contributed by atoms with Crippen LogP contribution < -0.4 is 10.2 Å². The predicted octanol–water partition coefficient (Wildman–Crippen LogP) is 1.88. The highest BCUT2D eigenvalue weighted by Crippen LogP contribution is 2.57. The number of aromatic amines is 1. The Hall–Kier alpha value is -2.37. The molecular weight excluding hydrogens is 304 g/mol. The number of aromatic nitrogens is 2. The summed E-state index contributed by atoms with van der Waals surface area (Å²) in [5.74, 6) is -0.217. The van der Waals surface area contributed by atoms with Crippen LogP contribution in [-0.4, -0.2) is 35.9 Å². The van der Waals surface area contributed by atoms with Crippen molar-refractivity contribution in [2.75, 3.05) is 19.0 Å². The number of carbonyl (C=O) groups excluding carboxylic acids is 2. The Morgan fingerprint density at radius 2 is 2.04 bits per heavy atom. The first-order chi connectivity index (χ1) is 11.6. The molecule has 2 aromatic heterocycles. The van der Waals surface area contributed by atoms with E-state index in [-0.39, 0.29) is 29.6 Å². The Morgan fingerprint density at radius 1 is 1.21 bits per heavy atom. The Balaban J connectivity index is 1.86. The van der Waals surface area contributed by atoms with Crippen molar-refractivity contribution in [1.29, 1.82) is 0 Å². The van der Waals surface area contributed by atoms with Crippen LogP contribution >= 0.6 is 0 Å². The first-order valence-corrected chi connectivity index (χ1v) is 8.60. The molecule has 0 spiro atoms. The molecule has 3 heterocycles. The number of anilines is 1. The number of carbonyl (C=O) groups is 2. The smallest absolute Gasteiger partial charge is 0.235 e. The fourth-order valence-electron chi connectivity index (χ4n) is 5.26. The van der Waals surface area contributed by atoms with Gasteiger partial charge in [0.05, 0.1) is 11.8 Å². The third-order valence-corrected chi connectivity index (χ3v) is 6.13. The lowest BCUT2D eigenvalue weighted by Crippen LogP contribution is -2.32. The van der Waals surface area contributed by atoms with Gasteiger partial charge in [0.25, 0.3) is 0 Å². The van der Waals surface area contributed by atoms with Crippen LogP contribution in [0.25, 0.3) is 11.0 Å². The van der Waals surface area contributed by atoms with Crippen LogP contribution in [0.3, 0.4) is 0 Å². The monoisotopic (exact) mass is 324 g/mol. The number of hydrogen-bond acceptors (Lipinski definition) is 4. The molecule has 1 aliphatic heterocycles. The molecule has 2 amide bonds. The van der Waals surface area contributed by atoms with E-state index in [9.17, 15) is 9.59 Å². The van der Waals surface area contributed by atoms with Crippen molar-refractivity contribution in [1.82, 2.24) is 15.3 Å². The van der Waals surface area contributed by atoms with Crippen LogP contribution in [-0.2, 0) is 9.59 Å². The molecule has 3 aliphatic rings. The van der Waals surface area contributed by atoms with Crippen LogP contribution in [0.1, 0.15) is 42.4 Å². The van der Waals surface area contributed by atoms with Crippen molar-refractivity contribution in [2.24, 2.45) is 11.8 Å². The summed E-state index contributed by atoms with van der Waals surface area (Å²) in [6.45, 7) is 0. The number of rotatable bonds is 1. The molecule has 1 saturated carbocycles. The van der Waals surface area contributed by atoms with E-state index in [4.69, 9.17) is 0 Å². The summed E-state index contributed by atoms with van der Waals surface area (Å²) in [7, 11) is 3.99. The Bertz CT molecular complexity index is 885. The van der Waals surface area contributed by atoms with E-state index < -0.39 is 0 Å². The zero-order valence-corrected chi connectivity index (χ0v) is 13.8. The molecule has 6 heteroatoms. The quantitative estimate of drug-likeness (QED) is 0.785. The number of nitrogens with zero attached hydrogens (tertiary/aromatic N) is 2. The molecule has 5 rings (SSSR count). The second-order valence-corrected chi connectivity index (χ2v) is 7.46. The van der Waals surface area contributed by atoms with Crippen LogP contribution in [0.5, 0.6) is 0 Å². The zero-order valence-electron chi connectivity index (χ0n) is 13.8. The zero-order chi connectivity index (χ0) is 16.6. The van der Waals surface area contributed by atoms with Gasteiger partial charge in [-0.25, -0.2) is 4.98 Å². The second-order valence-electron chi connectivity index (χ2n) is 7.46. The number of imide groups is 1. The van der Waals surface area contributed by atoms with Crippen LogP contribution in [0.4, 0.5) is 5.69 Å². The van der Waals surface area contributed by atoms with E-state index in [0.29, 0.717) is 5.92 Å². The maximum Gasteiger partial charge on any atom is 0.235 e. The molecule has 4 unspecified atom stereocenters. The molecule has 2 aromatic rings. The maximum atomic E-state index is 12.6. The highest BCUT2D eigenvalue weighted by atomic mass is 16.2. The lowest BCUT2D eigenvalue weighted by molar-refractivity contribution is -0.126. The summed E-state index contributed by atoms with van der Waals surface area (Å²) >= 11 is 0. The molecule has 2 aliphatic carbocycles. The lowest BCUT2D eigenvalue weighted by atomic mass is 9.67. The molecule has 6 nitrogen and oxygen atoms in total. The molecule has 1 saturated heterocycles. The summed E-state index contributed by atoms with van der Waals surface area (Å²) in [5, 5.41) is 3.59. The second kappa shape index (κ2) is 4.59. The fraction of sp³-hybridized carbons (Fsp3) is 0.500. The van der Waals surface area contributed by atoms with Gasteiger partial charge in [0, 0.05) is 43.0 Å². The minimum Gasteiger partial charge on any atom is -0.377 e. The number of amides is 2. The van der Waals surface area contributed by atoms with Crippen molar-refractivity contribution < 1.29 is 9.59 Å². The van der Waals surface area contributed by atoms with Crippen molar-refractivity contribution in [3.05, 3.63) is 23.5 Å². The first kappa shape index (κ1) is 14.0. The highest BCUT2D eigenvalue weighted by molar-refractivity contribution is 6.11. The molecule has 0 radical (unpaired) electrons. The average molecular weight is 324 g/mol. The SMILES string of the molecule is CN(C)c1ccnc2[nH]c3c(c12)C1C(=O)NC(=O)C1C1CCCC31. The molecule has 2 N–H and O–H groups in total. The summed E-state index contributed by atoms with van der Waals surface area (Å²) in [4.78, 5) is 35.1. The molecule has 0 bridgehead atoms. The van der Waals surface area contributed by atoms with E-state index in [0.717, 1.165) is 47.2 Å². The van der Waals surface area contributed by atoms with Gasteiger partial charge in [0.1, 0.15) is 5.65 Å². The van der Waals surface area contributed by atoms with E-state index in [1.54, 1.807) is 6.20 Å². The third kappa shape index (κ3) is 1.58. The normalized spacial score (nSPS) is 30.9. The topological polar surface area (TPSA) is 78.1 Å². The highest BCUT2D eigenvalue weighted by Gasteiger charge is 2.56. The van der Waals surface area contributed by atoms with Crippen LogP contribution in [0.2, 0.25) is 0 Å². The number of nitrogens with one attached hydrogen (secondary N) is 2. The van der Waals surface area contributed by atoms with Gasteiger partial charge < -0.3 is 9.88 Å². The van der Waals surface area contributed by atoms with Crippen molar-refractivity contribution in [3.63, 3.8) is 0 Å². The molecular formula is C18H20N4O2. The van der Waals surface area contributed by atoms with Crippen LogP contribution in [0.15, 0.2) is 12.3 Å². The Kier molecular flexibility index (Phi) is 2.68. The Morgan fingerprint density at radius 3 is 2.83 bits per heavy atom. The summed E-state index contributed by atoms with van der Waals surface area (Å²) in [6.07, 6.45) is 5.01. The minimum atomic E-state index is -0.372. The van der Waals surface area contributed by atoms with Gasteiger partial charge >= 0.3 is 0 Å². The van der Waals surface area contributed by atoms with Gasteiger partial charge in [-0.1, -0.05) is 6.42 Å². The number of hydrogen-bond donors (Lipinski definition) is 2. The molecule has 4 atom stereocenters. The standard InChI is InChI=1S/C18H20N4O2/c1-22(2)10-6-7-19-16-12(10)13-14-11(17(23)21-18(14)24)8-4-3-5-9(8)15(13)20-16/h6-9,11,14H,3-5H2,1-2H3,(H,19,20)(H,21,23,24). The summed E-state index contributed by atoms with van der Waals surface area (Å²) in [5.41, 5.74) is 4.02. The summed E-state index contributed by atoms with van der Waals surface area (Å²) < 4.78 is 0. The molecule has 124 valence electrons. The van der Waals surface area contributed by atoms with Gasteiger partial charge in [-0.15, -0.1) is 0 Å².